The van der Waals surface area contributed by atoms with E-state index in [0.29, 0.717) is 11.7 Å². The van der Waals surface area contributed by atoms with E-state index >= 15 is 0 Å². The van der Waals surface area contributed by atoms with E-state index in [9.17, 15) is 4.79 Å². The van der Waals surface area contributed by atoms with Crippen molar-refractivity contribution in [3.8, 4) is 0 Å². The minimum atomic E-state index is 0.428. The molecule has 5 rings (SSSR count). The quantitative estimate of drug-likeness (QED) is 0.712. The molecule has 1 nitrogen and oxygen atoms in total. The molecule has 0 amide bonds. The molecule has 0 aromatic heterocycles. The Hall–Kier alpha value is -0.590. The topological polar surface area (TPSA) is 17.1 Å². The van der Waals surface area contributed by atoms with Gasteiger partial charge in [-0.2, -0.15) is 0 Å². The number of Topliss-reactive ketones (excluding diaryl/α,β-unsaturated/α-hetero) is 1. The van der Waals surface area contributed by atoms with Crippen LogP contribution < -0.4 is 0 Å². The number of rotatable bonds is 2. The van der Waals surface area contributed by atoms with Crippen LogP contribution in [-0.2, 0) is 4.79 Å². The number of carbonyl (C=O) groups is 1. The average molecular weight is 258 g/mol. The molecular weight excluding hydrogens is 232 g/mol. The van der Waals surface area contributed by atoms with Crippen molar-refractivity contribution < 1.29 is 4.79 Å². The van der Waals surface area contributed by atoms with E-state index in [0.717, 1.165) is 36.5 Å². The van der Waals surface area contributed by atoms with Crippen molar-refractivity contribution >= 4 is 5.78 Å². The molecule has 4 bridgehead atoms. The van der Waals surface area contributed by atoms with Crippen molar-refractivity contribution in [3.05, 3.63) is 11.6 Å². The van der Waals surface area contributed by atoms with Gasteiger partial charge in [0.25, 0.3) is 0 Å². The van der Waals surface area contributed by atoms with Gasteiger partial charge in [-0.25, -0.2) is 0 Å². The van der Waals surface area contributed by atoms with E-state index in [2.05, 4.69) is 6.08 Å². The summed E-state index contributed by atoms with van der Waals surface area (Å²) in [4.78, 5) is 13.0. The van der Waals surface area contributed by atoms with Crippen LogP contribution in [0.3, 0.4) is 0 Å². The molecule has 1 heteroatoms. The molecule has 4 fully saturated rings. The zero-order chi connectivity index (χ0) is 12.8. The first-order valence-corrected chi connectivity index (χ1v) is 8.54. The Balaban J connectivity index is 1.55. The fraction of sp³-hybridized carbons (Fsp3) is 0.833. The summed E-state index contributed by atoms with van der Waals surface area (Å²) in [5, 5.41) is 0. The van der Waals surface area contributed by atoms with Gasteiger partial charge >= 0.3 is 0 Å². The molecule has 4 saturated carbocycles. The van der Waals surface area contributed by atoms with Gasteiger partial charge in [-0.3, -0.25) is 4.79 Å². The fourth-order valence-electron chi connectivity index (χ4n) is 5.81. The van der Waals surface area contributed by atoms with Crippen molar-refractivity contribution in [3.63, 3.8) is 0 Å². The molecule has 5 aliphatic carbocycles. The lowest BCUT2D eigenvalue weighted by Gasteiger charge is -2.54. The zero-order valence-electron chi connectivity index (χ0n) is 11.9. The monoisotopic (exact) mass is 258 g/mol. The second-order valence-electron chi connectivity index (χ2n) is 7.65. The van der Waals surface area contributed by atoms with Crippen LogP contribution in [0, 0.1) is 29.6 Å². The molecule has 104 valence electrons. The van der Waals surface area contributed by atoms with Gasteiger partial charge in [0.1, 0.15) is 0 Å². The highest BCUT2D eigenvalue weighted by Crippen LogP contribution is 2.57. The fourth-order valence-corrected chi connectivity index (χ4v) is 5.81. The molecule has 0 saturated heterocycles. The minimum Gasteiger partial charge on any atom is -0.294 e. The van der Waals surface area contributed by atoms with E-state index in [1.165, 1.54) is 56.9 Å². The molecule has 0 atom stereocenters. The van der Waals surface area contributed by atoms with Crippen LogP contribution in [0.1, 0.15) is 64.2 Å². The lowest BCUT2D eigenvalue weighted by molar-refractivity contribution is -0.132. The van der Waals surface area contributed by atoms with Crippen molar-refractivity contribution in [2.75, 3.05) is 0 Å². The van der Waals surface area contributed by atoms with Gasteiger partial charge in [0.05, 0.1) is 0 Å². The van der Waals surface area contributed by atoms with Gasteiger partial charge in [-0.1, -0.05) is 12.5 Å². The third-order valence-corrected chi connectivity index (χ3v) is 6.39. The summed E-state index contributed by atoms with van der Waals surface area (Å²) in [6.45, 7) is 0. The number of hydrogen-bond acceptors (Lipinski definition) is 1. The van der Waals surface area contributed by atoms with Gasteiger partial charge in [0.15, 0.2) is 5.78 Å². The van der Waals surface area contributed by atoms with E-state index in [-0.39, 0.29) is 0 Å². The molecule has 0 heterocycles. The summed E-state index contributed by atoms with van der Waals surface area (Å²) in [7, 11) is 0. The second-order valence-corrected chi connectivity index (χ2v) is 7.65. The highest BCUT2D eigenvalue weighted by Gasteiger charge is 2.50. The first-order valence-electron chi connectivity index (χ1n) is 8.54. The van der Waals surface area contributed by atoms with E-state index in [1.54, 1.807) is 0 Å². The summed E-state index contributed by atoms with van der Waals surface area (Å²) in [5.41, 5.74) is 1.22. The van der Waals surface area contributed by atoms with Crippen molar-refractivity contribution in [1.82, 2.24) is 0 Å². The summed E-state index contributed by atoms with van der Waals surface area (Å²) >= 11 is 0. The lowest BCUT2D eigenvalue weighted by atomic mass is 9.50. The highest BCUT2D eigenvalue weighted by molar-refractivity contribution is 5.97. The van der Waals surface area contributed by atoms with Crippen LogP contribution in [0.2, 0.25) is 0 Å². The molecule has 19 heavy (non-hydrogen) atoms. The van der Waals surface area contributed by atoms with Gasteiger partial charge in [-0.05, 0) is 87.0 Å². The van der Waals surface area contributed by atoms with Crippen LogP contribution in [0.5, 0.6) is 0 Å². The van der Waals surface area contributed by atoms with Crippen molar-refractivity contribution in [2.24, 2.45) is 29.6 Å². The number of carbonyl (C=O) groups excluding carboxylic acids is 1. The minimum absolute atomic E-state index is 0.428. The molecule has 0 spiro atoms. The Bertz CT molecular complexity index is 378. The van der Waals surface area contributed by atoms with Crippen LogP contribution >= 0.6 is 0 Å². The number of ketones is 1. The van der Waals surface area contributed by atoms with Gasteiger partial charge < -0.3 is 0 Å². The first-order chi connectivity index (χ1) is 9.31. The van der Waals surface area contributed by atoms with Gasteiger partial charge in [0.2, 0.25) is 0 Å². The van der Waals surface area contributed by atoms with Crippen molar-refractivity contribution in [2.45, 2.75) is 64.2 Å². The maximum Gasteiger partial charge on any atom is 0.162 e. The van der Waals surface area contributed by atoms with Crippen LogP contribution in [-0.4, -0.2) is 5.78 Å². The molecule has 0 unspecified atom stereocenters. The first kappa shape index (κ1) is 12.2. The average Bonchev–Trinajstić information content (AvgIpc) is 2.66. The Labute approximate surface area is 116 Å². The van der Waals surface area contributed by atoms with E-state index in [4.69, 9.17) is 0 Å². The molecule has 0 aromatic carbocycles. The predicted molar refractivity (Wildman–Crippen MR) is 76.7 cm³/mol. The second kappa shape index (κ2) is 4.75. The molecule has 0 aliphatic heterocycles. The third kappa shape index (κ3) is 2.10. The molecule has 5 aliphatic rings. The SMILES string of the molecule is O=C(C1=CCCCCC1)C1C2CC3CC(C2)CC1C3. The number of hydrogen-bond donors (Lipinski definition) is 0. The van der Waals surface area contributed by atoms with Crippen LogP contribution in [0.25, 0.3) is 0 Å². The van der Waals surface area contributed by atoms with Crippen molar-refractivity contribution in [1.29, 1.82) is 0 Å². The van der Waals surface area contributed by atoms with Gasteiger partial charge in [0, 0.05) is 5.92 Å². The van der Waals surface area contributed by atoms with E-state index in [1.807, 2.05) is 0 Å². The number of allylic oxidation sites excluding steroid dienone is 2. The molecule has 0 aromatic rings. The van der Waals surface area contributed by atoms with E-state index < -0.39 is 0 Å². The molecular formula is C18H26O. The zero-order valence-corrected chi connectivity index (χ0v) is 11.9. The van der Waals surface area contributed by atoms with Crippen LogP contribution in [0.15, 0.2) is 11.6 Å². The highest BCUT2D eigenvalue weighted by atomic mass is 16.1. The lowest BCUT2D eigenvalue weighted by Crippen LogP contribution is -2.48. The van der Waals surface area contributed by atoms with Gasteiger partial charge in [-0.15, -0.1) is 0 Å². The standard InChI is InChI=1S/C18H26O/c19-18(14-5-3-1-2-4-6-14)17-15-8-12-7-13(10-15)11-16(17)9-12/h5,12-13,15-17H,1-4,6-11H2. The van der Waals surface area contributed by atoms with Crippen LogP contribution in [0.4, 0.5) is 0 Å². The maximum absolute atomic E-state index is 13.0. The predicted octanol–water partition coefficient (Wildman–Crippen LogP) is 4.52. The summed E-state index contributed by atoms with van der Waals surface area (Å²) in [6.07, 6.45) is 15.3. The Morgan fingerprint density at radius 1 is 0.895 bits per heavy atom. The normalized spacial score (nSPS) is 44.8. The molecule has 0 radical (unpaired) electrons. The summed E-state index contributed by atoms with van der Waals surface area (Å²) in [6, 6.07) is 0. The Morgan fingerprint density at radius 3 is 2.26 bits per heavy atom. The largest absolute Gasteiger partial charge is 0.294 e. The molecule has 0 N–H and O–H groups in total. The maximum atomic E-state index is 13.0. The summed E-state index contributed by atoms with van der Waals surface area (Å²) in [5.74, 6) is 4.48. The Morgan fingerprint density at radius 2 is 1.58 bits per heavy atom. The smallest absolute Gasteiger partial charge is 0.162 e. The Kier molecular flexibility index (Phi) is 3.04. The third-order valence-electron chi connectivity index (χ3n) is 6.39. The summed E-state index contributed by atoms with van der Waals surface area (Å²) < 4.78 is 0.